The summed E-state index contributed by atoms with van der Waals surface area (Å²) in [5.41, 5.74) is 0. The molecule has 92 heavy (non-hydrogen) atoms. The van der Waals surface area contributed by atoms with Crippen molar-refractivity contribution in [1.29, 1.82) is 0 Å². The lowest BCUT2D eigenvalue weighted by Gasteiger charge is -2.21. The van der Waals surface area contributed by atoms with Crippen molar-refractivity contribution in [2.75, 3.05) is 39.6 Å². The number of esters is 4. The topological polar surface area (TPSA) is 237 Å². The third-order valence-electron chi connectivity index (χ3n) is 17.4. The van der Waals surface area contributed by atoms with Crippen molar-refractivity contribution in [2.24, 2.45) is 5.92 Å². The van der Waals surface area contributed by atoms with E-state index in [1.54, 1.807) is 0 Å². The van der Waals surface area contributed by atoms with Crippen LogP contribution >= 0.6 is 15.6 Å². The van der Waals surface area contributed by atoms with Crippen LogP contribution in [0.4, 0.5) is 0 Å². The maximum absolute atomic E-state index is 13.1. The van der Waals surface area contributed by atoms with E-state index in [0.717, 1.165) is 95.8 Å². The molecule has 0 spiro atoms. The predicted octanol–water partition coefficient (Wildman–Crippen LogP) is 21.3. The first-order valence-electron chi connectivity index (χ1n) is 38.2. The number of carbonyl (C=O) groups is 4. The second kappa shape index (κ2) is 66.3. The number of ether oxygens (including phenoxy) is 4. The molecule has 0 heterocycles. The molecule has 6 atom stereocenters. The second-order valence-electron chi connectivity index (χ2n) is 26.6. The fourth-order valence-corrected chi connectivity index (χ4v) is 12.7. The van der Waals surface area contributed by atoms with Crippen LogP contribution in [0, 0.1) is 5.92 Å². The zero-order valence-electron chi connectivity index (χ0n) is 59.7. The van der Waals surface area contributed by atoms with E-state index in [1.165, 1.54) is 205 Å². The van der Waals surface area contributed by atoms with Gasteiger partial charge in [-0.1, -0.05) is 330 Å². The van der Waals surface area contributed by atoms with Crippen LogP contribution < -0.4 is 0 Å². The van der Waals surface area contributed by atoms with E-state index in [0.29, 0.717) is 25.7 Å². The number of rotatable bonds is 73. The SMILES string of the molecule is CCCCCCCCCCCCCCCCCCCCC(=O)O[C@H](COC(=O)CCCCCCCCCCCCC(C)CC)COP(=O)(O)OC[C@@H](O)COP(=O)(O)OC[C@@H](COC(=O)CCCCCCCCCCC)OC(=O)CCCCCCCCCCCCC. The van der Waals surface area contributed by atoms with Crippen LogP contribution in [0.3, 0.4) is 0 Å². The average molecular weight is 1350 g/mol. The Morgan fingerprint density at radius 2 is 0.522 bits per heavy atom. The Hall–Kier alpha value is -1.94. The number of carbonyl (C=O) groups excluding carboxylic acids is 4. The Balaban J connectivity index is 5.22. The summed E-state index contributed by atoms with van der Waals surface area (Å²) in [6.45, 7) is 7.28. The van der Waals surface area contributed by atoms with Gasteiger partial charge in [0.1, 0.15) is 19.3 Å². The Kier molecular flexibility index (Phi) is 64.9. The molecule has 0 amide bonds. The van der Waals surface area contributed by atoms with Crippen LogP contribution in [0.15, 0.2) is 0 Å². The molecule has 0 saturated heterocycles. The molecule has 0 aliphatic heterocycles. The summed E-state index contributed by atoms with van der Waals surface area (Å²) in [6.07, 6.45) is 54.0. The van der Waals surface area contributed by atoms with Gasteiger partial charge in [0.2, 0.25) is 0 Å². The fraction of sp³-hybridized carbons (Fsp3) is 0.945. The Morgan fingerprint density at radius 3 is 0.772 bits per heavy atom. The summed E-state index contributed by atoms with van der Waals surface area (Å²) in [5, 5.41) is 10.6. The van der Waals surface area contributed by atoms with E-state index >= 15 is 0 Å². The van der Waals surface area contributed by atoms with Crippen molar-refractivity contribution in [3.63, 3.8) is 0 Å². The van der Waals surface area contributed by atoms with Crippen molar-refractivity contribution in [3.8, 4) is 0 Å². The summed E-state index contributed by atoms with van der Waals surface area (Å²) in [4.78, 5) is 72.6. The lowest BCUT2D eigenvalue weighted by molar-refractivity contribution is -0.161. The van der Waals surface area contributed by atoms with Crippen LogP contribution in [0.25, 0.3) is 0 Å². The monoisotopic (exact) mass is 1350 g/mol. The minimum Gasteiger partial charge on any atom is -0.462 e. The highest BCUT2D eigenvalue weighted by atomic mass is 31.2. The fourth-order valence-electron chi connectivity index (χ4n) is 11.1. The highest BCUT2D eigenvalue weighted by Crippen LogP contribution is 2.45. The molecule has 0 saturated carbocycles. The summed E-state index contributed by atoms with van der Waals surface area (Å²) in [6, 6.07) is 0. The second-order valence-corrected chi connectivity index (χ2v) is 29.5. The minimum absolute atomic E-state index is 0.107. The van der Waals surface area contributed by atoms with E-state index in [-0.39, 0.29) is 25.7 Å². The molecule has 0 aliphatic rings. The van der Waals surface area contributed by atoms with Gasteiger partial charge in [-0.25, -0.2) is 9.13 Å². The molecule has 0 aromatic carbocycles. The number of phosphoric acid groups is 2. The summed E-state index contributed by atoms with van der Waals surface area (Å²) in [7, 11) is -9.90. The summed E-state index contributed by atoms with van der Waals surface area (Å²) >= 11 is 0. The predicted molar refractivity (Wildman–Crippen MR) is 372 cm³/mol. The van der Waals surface area contributed by atoms with Gasteiger partial charge >= 0.3 is 39.5 Å². The van der Waals surface area contributed by atoms with Crippen molar-refractivity contribution < 1.29 is 80.2 Å². The average Bonchev–Trinajstić information content (AvgIpc) is 2.05. The van der Waals surface area contributed by atoms with Gasteiger partial charge in [-0.05, 0) is 31.6 Å². The quantitative estimate of drug-likeness (QED) is 0.0222. The molecule has 3 unspecified atom stereocenters. The van der Waals surface area contributed by atoms with Gasteiger partial charge in [0, 0.05) is 25.7 Å². The minimum atomic E-state index is -4.95. The lowest BCUT2D eigenvalue weighted by atomic mass is 9.99. The first kappa shape index (κ1) is 90.1. The van der Waals surface area contributed by atoms with Crippen LogP contribution in [-0.2, 0) is 65.4 Å². The molecular weight excluding hydrogens is 1210 g/mol. The first-order chi connectivity index (χ1) is 44.6. The molecule has 0 radical (unpaired) electrons. The smallest absolute Gasteiger partial charge is 0.462 e. The van der Waals surface area contributed by atoms with Crippen molar-refractivity contribution in [3.05, 3.63) is 0 Å². The Bertz CT molecular complexity index is 1770. The number of phosphoric ester groups is 2. The summed E-state index contributed by atoms with van der Waals surface area (Å²) in [5.74, 6) is -1.31. The molecule has 0 aromatic rings. The molecular formula is C73H142O17P2. The lowest BCUT2D eigenvalue weighted by Crippen LogP contribution is -2.30. The normalized spacial score (nSPS) is 14.3. The van der Waals surface area contributed by atoms with Crippen molar-refractivity contribution in [2.45, 2.75) is 400 Å². The standard InChI is InChI=1S/C73H142O17P2/c1-6-10-13-16-19-22-24-25-26-27-28-29-30-32-39-44-49-54-59-73(78)90-69(63-84-71(76)57-52-47-42-37-34-33-36-40-45-50-55-66(5)9-4)65-88-92(81,82)86-61-67(74)60-85-91(79,80)87-64-68(62-83-70(75)56-51-46-41-35-21-18-15-12-8-3)89-72(77)58-53-48-43-38-31-23-20-17-14-11-7-2/h66-69,74H,6-65H2,1-5H3,(H,79,80)(H,81,82)/t66?,67-,68+,69+/m0/s1. The third kappa shape index (κ3) is 65.4. The number of aliphatic hydroxyl groups is 1. The number of unbranched alkanes of at least 4 members (excludes halogenated alkanes) is 44. The summed E-state index contributed by atoms with van der Waals surface area (Å²) < 4.78 is 68.4. The molecule has 3 N–H and O–H groups in total. The molecule has 17 nitrogen and oxygen atoms in total. The van der Waals surface area contributed by atoms with Gasteiger partial charge in [-0.2, -0.15) is 0 Å². The van der Waals surface area contributed by atoms with Gasteiger partial charge in [0.15, 0.2) is 12.2 Å². The Labute approximate surface area is 562 Å². The Morgan fingerprint density at radius 1 is 0.304 bits per heavy atom. The number of hydrogen-bond acceptors (Lipinski definition) is 15. The van der Waals surface area contributed by atoms with Crippen LogP contribution in [0.2, 0.25) is 0 Å². The van der Waals surface area contributed by atoms with E-state index < -0.39 is 97.5 Å². The first-order valence-corrected chi connectivity index (χ1v) is 41.2. The number of aliphatic hydroxyl groups excluding tert-OH is 1. The van der Waals surface area contributed by atoms with E-state index in [2.05, 4.69) is 34.6 Å². The zero-order chi connectivity index (χ0) is 67.7. The molecule has 0 aliphatic carbocycles. The molecule has 0 rings (SSSR count). The highest BCUT2D eigenvalue weighted by Gasteiger charge is 2.30. The van der Waals surface area contributed by atoms with Gasteiger partial charge in [0.25, 0.3) is 0 Å². The van der Waals surface area contributed by atoms with Crippen LogP contribution in [0.1, 0.15) is 381 Å². The van der Waals surface area contributed by atoms with Gasteiger partial charge in [-0.15, -0.1) is 0 Å². The van der Waals surface area contributed by atoms with Gasteiger partial charge in [0.05, 0.1) is 26.4 Å². The van der Waals surface area contributed by atoms with E-state index in [9.17, 15) is 43.2 Å². The molecule has 19 heteroatoms. The maximum atomic E-state index is 13.1. The number of hydrogen-bond donors (Lipinski definition) is 3. The van der Waals surface area contributed by atoms with Gasteiger partial charge in [-0.3, -0.25) is 37.3 Å². The van der Waals surface area contributed by atoms with E-state index in [4.69, 9.17) is 37.0 Å². The van der Waals surface area contributed by atoms with Crippen molar-refractivity contribution in [1.82, 2.24) is 0 Å². The third-order valence-corrected chi connectivity index (χ3v) is 19.3. The largest absolute Gasteiger partial charge is 0.472 e. The highest BCUT2D eigenvalue weighted by molar-refractivity contribution is 7.47. The molecule has 0 bridgehead atoms. The van der Waals surface area contributed by atoms with Crippen LogP contribution in [0.5, 0.6) is 0 Å². The molecule has 0 aromatic heterocycles. The van der Waals surface area contributed by atoms with Crippen molar-refractivity contribution >= 4 is 39.5 Å². The molecule has 0 fully saturated rings. The zero-order valence-corrected chi connectivity index (χ0v) is 61.5. The van der Waals surface area contributed by atoms with E-state index in [1.807, 2.05) is 0 Å². The van der Waals surface area contributed by atoms with Gasteiger partial charge < -0.3 is 33.8 Å². The van der Waals surface area contributed by atoms with Crippen LogP contribution in [-0.4, -0.2) is 96.7 Å². The maximum Gasteiger partial charge on any atom is 0.472 e. The molecule has 546 valence electrons.